The molecule has 0 atom stereocenters. The van der Waals surface area contributed by atoms with Crippen LogP contribution in [0.2, 0.25) is 0 Å². The summed E-state index contributed by atoms with van der Waals surface area (Å²) >= 11 is 1.64. The average molecular weight is 326 g/mol. The minimum Gasteiger partial charge on any atom is -0.349 e. The van der Waals surface area contributed by atoms with Gasteiger partial charge in [-0.05, 0) is 35.6 Å². The normalized spacial score (nSPS) is 10.7. The Morgan fingerprint density at radius 1 is 1.22 bits per heavy atom. The molecule has 3 rings (SSSR count). The van der Waals surface area contributed by atoms with E-state index in [1.807, 2.05) is 31.2 Å². The molecule has 1 N–H and O–H groups in total. The lowest BCUT2D eigenvalue weighted by molar-refractivity contribution is -0.127. The molecule has 0 saturated carbocycles. The molecule has 118 valence electrons. The van der Waals surface area contributed by atoms with E-state index in [2.05, 4.69) is 20.7 Å². The zero-order chi connectivity index (χ0) is 16.4. The third-order valence-corrected chi connectivity index (χ3v) is 4.70. The van der Waals surface area contributed by atoms with Crippen LogP contribution in [0.5, 0.6) is 0 Å². The fourth-order valence-electron chi connectivity index (χ4n) is 2.23. The zero-order valence-corrected chi connectivity index (χ0v) is 14.1. The van der Waals surface area contributed by atoms with Crippen LogP contribution in [0, 0.1) is 6.92 Å². The number of thiophene rings is 1. The van der Waals surface area contributed by atoms with Gasteiger partial charge in [0.25, 0.3) is 0 Å². The smallest absolute Gasteiger partial charge is 0.226 e. The van der Waals surface area contributed by atoms with Crippen molar-refractivity contribution in [3.63, 3.8) is 0 Å². The highest BCUT2D eigenvalue weighted by atomic mass is 32.1. The maximum Gasteiger partial charge on any atom is 0.226 e. The van der Waals surface area contributed by atoms with Gasteiger partial charge in [-0.3, -0.25) is 4.79 Å². The summed E-state index contributed by atoms with van der Waals surface area (Å²) in [5.74, 6) is 0.905. The van der Waals surface area contributed by atoms with Gasteiger partial charge in [0.05, 0.1) is 16.6 Å². The van der Waals surface area contributed by atoms with Crippen LogP contribution in [-0.4, -0.2) is 34.9 Å². The standard InChI is InChI=1S/C17H18N4OS/c1-11-9-23-16-15(11)18-10-19-17(16)20-13-6-4-12(5-7-13)8-14(22)21(2)3/h4-7,9-10H,8H2,1-3H3,(H,18,19,20). The van der Waals surface area contributed by atoms with Crippen molar-refractivity contribution in [1.82, 2.24) is 14.9 Å². The summed E-state index contributed by atoms with van der Waals surface area (Å²) in [5.41, 5.74) is 4.08. The van der Waals surface area contributed by atoms with E-state index in [0.717, 1.165) is 32.8 Å². The van der Waals surface area contributed by atoms with Crippen LogP contribution >= 0.6 is 11.3 Å². The van der Waals surface area contributed by atoms with Crippen molar-refractivity contribution in [2.45, 2.75) is 13.3 Å². The van der Waals surface area contributed by atoms with Gasteiger partial charge in [-0.2, -0.15) is 0 Å². The number of nitrogens with zero attached hydrogens (tertiary/aromatic N) is 3. The number of benzene rings is 1. The lowest BCUT2D eigenvalue weighted by Gasteiger charge is -2.11. The second-order valence-electron chi connectivity index (χ2n) is 5.61. The van der Waals surface area contributed by atoms with Gasteiger partial charge >= 0.3 is 0 Å². The molecule has 0 aliphatic heterocycles. The van der Waals surface area contributed by atoms with E-state index in [4.69, 9.17) is 0 Å². The molecule has 5 nitrogen and oxygen atoms in total. The van der Waals surface area contributed by atoms with E-state index in [0.29, 0.717) is 6.42 Å². The van der Waals surface area contributed by atoms with Crippen LogP contribution in [0.3, 0.4) is 0 Å². The summed E-state index contributed by atoms with van der Waals surface area (Å²) < 4.78 is 1.05. The number of carbonyl (C=O) groups is 1. The molecular formula is C17H18N4OS. The second-order valence-corrected chi connectivity index (χ2v) is 6.49. The Balaban J connectivity index is 1.79. The van der Waals surface area contributed by atoms with Gasteiger partial charge in [-0.25, -0.2) is 9.97 Å². The number of rotatable bonds is 4. The van der Waals surface area contributed by atoms with E-state index < -0.39 is 0 Å². The number of nitrogens with one attached hydrogen (secondary N) is 1. The molecule has 0 radical (unpaired) electrons. The predicted octanol–water partition coefficient (Wildman–Crippen LogP) is 3.37. The summed E-state index contributed by atoms with van der Waals surface area (Å²) in [6.07, 6.45) is 1.99. The first-order valence-corrected chi connectivity index (χ1v) is 8.17. The Hall–Kier alpha value is -2.47. The Bertz CT molecular complexity index is 839. The topological polar surface area (TPSA) is 58.1 Å². The molecular weight excluding hydrogens is 308 g/mol. The summed E-state index contributed by atoms with van der Waals surface area (Å²) in [6.45, 7) is 2.05. The lowest BCUT2D eigenvalue weighted by atomic mass is 10.1. The largest absolute Gasteiger partial charge is 0.349 e. The number of amides is 1. The zero-order valence-electron chi connectivity index (χ0n) is 13.3. The number of hydrogen-bond donors (Lipinski definition) is 1. The molecule has 0 saturated heterocycles. The minimum absolute atomic E-state index is 0.0947. The van der Waals surface area contributed by atoms with Crippen LogP contribution < -0.4 is 5.32 Å². The van der Waals surface area contributed by atoms with Gasteiger partial charge in [-0.1, -0.05) is 12.1 Å². The summed E-state index contributed by atoms with van der Waals surface area (Å²) in [6, 6.07) is 7.85. The van der Waals surface area contributed by atoms with Gasteiger partial charge in [0.1, 0.15) is 6.33 Å². The maximum absolute atomic E-state index is 11.7. The van der Waals surface area contributed by atoms with Crippen LogP contribution in [0.15, 0.2) is 36.0 Å². The van der Waals surface area contributed by atoms with Crippen molar-refractivity contribution in [1.29, 1.82) is 0 Å². The van der Waals surface area contributed by atoms with Gasteiger partial charge in [0.2, 0.25) is 5.91 Å². The van der Waals surface area contributed by atoms with Gasteiger partial charge in [-0.15, -0.1) is 11.3 Å². The molecule has 1 aromatic carbocycles. The first kappa shape index (κ1) is 15.4. The van der Waals surface area contributed by atoms with Gasteiger partial charge in [0.15, 0.2) is 5.82 Å². The molecule has 23 heavy (non-hydrogen) atoms. The van der Waals surface area contributed by atoms with E-state index in [-0.39, 0.29) is 5.91 Å². The highest BCUT2D eigenvalue weighted by molar-refractivity contribution is 7.18. The average Bonchev–Trinajstić information content (AvgIpc) is 2.92. The Kier molecular flexibility index (Phi) is 4.25. The SMILES string of the molecule is Cc1csc2c(Nc3ccc(CC(=O)N(C)C)cc3)ncnc12. The van der Waals surface area contributed by atoms with Crippen molar-refractivity contribution in [2.75, 3.05) is 19.4 Å². The number of aromatic nitrogens is 2. The maximum atomic E-state index is 11.7. The summed E-state index contributed by atoms with van der Waals surface area (Å²) in [7, 11) is 3.53. The molecule has 0 fully saturated rings. The first-order valence-electron chi connectivity index (χ1n) is 7.29. The molecule has 1 amide bonds. The Labute approximate surface area is 139 Å². The molecule has 2 heterocycles. The highest BCUT2D eigenvalue weighted by Gasteiger charge is 2.09. The molecule has 0 aliphatic carbocycles. The van der Waals surface area contributed by atoms with Crippen molar-refractivity contribution in [2.24, 2.45) is 0 Å². The molecule has 6 heteroatoms. The molecule has 0 bridgehead atoms. The van der Waals surface area contributed by atoms with Crippen molar-refractivity contribution < 1.29 is 4.79 Å². The van der Waals surface area contributed by atoms with E-state index >= 15 is 0 Å². The van der Waals surface area contributed by atoms with Crippen LogP contribution in [0.1, 0.15) is 11.1 Å². The Morgan fingerprint density at radius 2 is 1.96 bits per heavy atom. The summed E-state index contributed by atoms with van der Waals surface area (Å²) in [4.78, 5) is 22.0. The monoisotopic (exact) mass is 326 g/mol. The van der Waals surface area contributed by atoms with Crippen molar-refractivity contribution in [3.8, 4) is 0 Å². The van der Waals surface area contributed by atoms with Crippen molar-refractivity contribution in [3.05, 3.63) is 47.1 Å². The van der Waals surface area contributed by atoms with Crippen LogP contribution in [0.25, 0.3) is 10.2 Å². The molecule has 0 aliphatic rings. The molecule has 3 aromatic rings. The minimum atomic E-state index is 0.0947. The third-order valence-electron chi connectivity index (χ3n) is 3.60. The quantitative estimate of drug-likeness (QED) is 0.798. The predicted molar refractivity (Wildman–Crippen MR) is 94.3 cm³/mol. The molecule has 0 spiro atoms. The number of carbonyl (C=O) groups excluding carboxylic acids is 1. The fourth-order valence-corrected chi connectivity index (χ4v) is 3.18. The van der Waals surface area contributed by atoms with Crippen molar-refractivity contribution >= 4 is 39.0 Å². The number of aryl methyl sites for hydroxylation is 1. The van der Waals surface area contributed by atoms with Crippen LogP contribution in [-0.2, 0) is 11.2 Å². The van der Waals surface area contributed by atoms with Gasteiger partial charge < -0.3 is 10.2 Å². The van der Waals surface area contributed by atoms with E-state index in [1.54, 1.807) is 36.7 Å². The number of likely N-dealkylation sites (N-methyl/N-ethyl adjacent to an activating group) is 1. The van der Waals surface area contributed by atoms with Crippen LogP contribution in [0.4, 0.5) is 11.5 Å². The molecule has 0 unspecified atom stereocenters. The number of hydrogen-bond acceptors (Lipinski definition) is 5. The van der Waals surface area contributed by atoms with E-state index in [9.17, 15) is 4.79 Å². The first-order chi connectivity index (χ1) is 11.0. The van der Waals surface area contributed by atoms with E-state index in [1.165, 1.54) is 0 Å². The third kappa shape index (κ3) is 3.32. The number of fused-ring (bicyclic) bond motifs is 1. The molecule has 2 aromatic heterocycles. The number of anilines is 2. The lowest BCUT2D eigenvalue weighted by Crippen LogP contribution is -2.23. The Morgan fingerprint density at radius 3 is 2.65 bits per heavy atom. The summed E-state index contributed by atoms with van der Waals surface area (Å²) in [5, 5.41) is 5.41. The second kappa shape index (κ2) is 6.34. The van der Waals surface area contributed by atoms with Gasteiger partial charge in [0, 0.05) is 19.8 Å². The highest BCUT2D eigenvalue weighted by Crippen LogP contribution is 2.30. The fraction of sp³-hybridized carbons (Fsp3) is 0.235.